The Morgan fingerprint density at radius 1 is 1.31 bits per heavy atom. The van der Waals surface area contributed by atoms with Crippen LogP contribution in [0.3, 0.4) is 0 Å². The van der Waals surface area contributed by atoms with Crippen molar-refractivity contribution in [3.05, 3.63) is 48.4 Å². The highest BCUT2D eigenvalue weighted by Crippen LogP contribution is 2.26. The standard InChI is InChI=1S/C19H20N4O3/c1-19(2,25)11-26-17-6-4-12(8-21-17)14-7-15-13(3-5-16(20)24)9-22-18(15)23-10-14/h3-10,25H,11H2,1-2H3,(H2,20,24)(H,22,23)/b5-3+. The molecule has 0 atom stereocenters. The number of nitrogens with two attached hydrogens (primary N) is 1. The van der Waals surface area contributed by atoms with Crippen molar-refractivity contribution in [1.82, 2.24) is 15.0 Å². The molecule has 0 aliphatic rings. The number of hydrogen-bond donors (Lipinski definition) is 3. The summed E-state index contributed by atoms with van der Waals surface area (Å²) in [6, 6.07) is 5.59. The summed E-state index contributed by atoms with van der Waals surface area (Å²) < 4.78 is 5.46. The van der Waals surface area contributed by atoms with E-state index in [1.807, 2.05) is 12.1 Å². The molecule has 3 aromatic heterocycles. The number of hydrogen-bond acceptors (Lipinski definition) is 5. The summed E-state index contributed by atoms with van der Waals surface area (Å²) >= 11 is 0. The largest absolute Gasteiger partial charge is 0.475 e. The van der Waals surface area contributed by atoms with Crippen LogP contribution >= 0.6 is 0 Å². The van der Waals surface area contributed by atoms with E-state index in [9.17, 15) is 9.90 Å². The maximum atomic E-state index is 10.9. The van der Waals surface area contributed by atoms with Crippen molar-refractivity contribution >= 4 is 23.0 Å². The van der Waals surface area contributed by atoms with Gasteiger partial charge in [-0.15, -0.1) is 0 Å². The summed E-state index contributed by atoms with van der Waals surface area (Å²) in [6.07, 6.45) is 8.17. The topological polar surface area (TPSA) is 114 Å². The van der Waals surface area contributed by atoms with Crippen molar-refractivity contribution < 1.29 is 14.6 Å². The Morgan fingerprint density at radius 2 is 2.08 bits per heavy atom. The zero-order valence-electron chi connectivity index (χ0n) is 14.6. The van der Waals surface area contributed by atoms with Crippen LogP contribution in [0.25, 0.3) is 28.2 Å². The van der Waals surface area contributed by atoms with Gasteiger partial charge in [-0.05, 0) is 32.1 Å². The fourth-order valence-electron chi connectivity index (χ4n) is 2.38. The minimum Gasteiger partial charge on any atom is -0.475 e. The molecule has 1 amide bonds. The van der Waals surface area contributed by atoms with Gasteiger partial charge in [-0.3, -0.25) is 4.79 Å². The van der Waals surface area contributed by atoms with Gasteiger partial charge in [-0.2, -0.15) is 0 Å². The minimum absolute atomic E-state index is 0.159. The molecule has 3 aromatic rings. The maximum Gasteiger partial charge on any atom is 0.241 e. The number of aromatic nitrogens is 3. The highest BCUT2D eigenvalue weighted by molar-refractivity contribution is 5.95. The third kappa shape index (κ3) is 4.25. The monoisotopic (exact) mass is 352 g/mol. The molecule has 0 unspecified atom stereocenters. The number of aliphatic hydroxyl groups is 1. The zero-order valence-corrected chi connectivity index (χ0v) is 14.6. The molecule has 0 saturated heterocycles. The summed E-state index contributed by atoms with van der Waals surface area (Å²) in [5.74, 6) is -0.0639. The van der Waals surface area contributed by atoms with Crippen LogP contribution < -0.4 is 10.5 Å². The van der Waals surface area contributed by atoms with Gasteiger partial charge in [-0.1, -0.05) is 0 Å². The van der Waals surface area contributed by atoms with Gasteiger partial charge in [-0.25, -0.2) is 9.97 Å². The summed E-state index contributed by atoms with van der Waals surface area (Å²) in [4.78, 5) is 22.7. The van der Waals surface area contributed by atoms with Crippen molar-refractivity contribution in [3.8, 4) is 17.0 Å². The smallest absolute Gasteiger partial charge is 0.241 e. The molecule has 7 nitrogen and oxygen atoms in total. The molecule has 134 valence electrons. The van der Waals surface area contributed by atoms with Crippen LogP contribution in [0, 0.1) is 0 Å². The Kier molecular flexibility index (Phi) is 4.73. The molecular formula is C19H20N4O3. The van der Waals surface area contributed by atoms with E-state index in [2.05, 4.69) is 15.0 Å². The first-order chi connectivity index (χ1) is 12.3. The first-order valence-corrected chi connectivity index (χ1v) is 8.08. The van der Waals surface area contributed by atoms with Crippen molar-refractivity contribution in [1.29, 1.82) is 0 Å². The lowest BCUT2D eigenvalue weighted by Crippen LogP contribution is -2.28. The number of H-pyrrole nitrogens is 1. The van der Waals surface area contributed by atoms with Crippen molar-refractivity contribution in [2.75, 3.05) is 6.61 Å². The summed E-state index contributed by atoms with van der Waals surface area (Å²) in [5.41, 5.74) is 7.54. The second-order valence-electron chi connectivity index (χ2n) is 6.59. The predicted molar refractivity (Wildman–Crippen MR) is 99.3 cm³/mol. The van der Waals surface area contributed by atoms with E-state index in [-0.39, 0.29) is 6.61 Å². The molecule has 3 rings (SSSR count). The lowest BCUT2D eigenvalue weighted by molar-refractivity contribution is -0.113. The fourth-order valence-corrected chi connectivity index (χ4v) is 2.38. The van der Waals surface area contributed by atoms with E-state index in [1.165, 1.54) is 6.08 Å². The van der Waals surface area contributed by atoms with Crippen LogP contribution in [-0.2, 0) is 4.79 Å². The SMILES string of the molecule is CC(C)(O)COc1ccc(-c2cnc3[nH]cc(/C=C/C(N)=O)c3c2)cn1. The number of nitrogens with one attached hydrogen (secondary N) is 1. The van der Waals surface area contributed by atoms with Gasteiger partial charge in [0.1, 0.15) is 12.3 Å². The number of amides is 1. The van der Waals surface area contributed by atoms with Gasteiger partial charge >= 0.3 is 0 Å². The molecule has 0 aliphatic carbocycles. The van der Waals surface area contributed by atoms with Crippen molar-refractivity contribution in [2.45, 2.75) is 19.4 Å². The van der Waals surface area contributed by atoms with E-state index in [0.29, 0.717) is 5.88 Å². The fraction of sp³-hybridized carbons (Fsp3) is 0.211. The Labute approximate surface area is 150 Å². The van der Waals surface area contributed by atoms with Crippen LogP contribution in [0.15, 0.2) is 42.9 Å². The summed E-state index contributed by atoms with van der Waals surface area (Å²) in [7, 11) is 0. The van der Waals surface area contributed by atoms with Crippen LogP contribution in [-0.4, -0.2) is 38.2 Å². The van der Waals surface area contributed by atoms with Gasteiger partial charge < -0.3 is 20.6 Å². The molecule has 26 heavy (non-hydrogen) atoms. The average molecular weight is 352 g/mol. The third-order valence-electron chi connectivity index (χ3n) is 3.63. The molecule has 7 heteroatoms. The second kappa shape index (κ2) is 6.97. The average Bonchev–Trinajstić information content (AvgIpc) is 3.00. The normalized spacial score (nSPS) is 12.0. The molecule has 0 saturated carbocycles. The number of nitrogens with zero attached hydrogens (tertiary/aromatic N) is 2. The maximum absolute atomic E-state index is 10.9. The van der Waals surface area contributed by atoms with E-state index >= 15 is 0 Å². The first-order valence-electron chi connectivity index (χ1n) is 8.08. The zero-order chi connectivity index (χ0) is 18.7. The highest BCUT2D eigenvalue weighted by atomic mass is 16.5. The number of carbonyl (C=O) groups is 1. The molecule has 0 bridgehead atoms. The van der Waals surface area contributed by atoms with Gasteiger partial charge in [0.25, 0.3) is 0 Å². The number of carbonyl (C=O) groups excluding carboxylic acids is 1. The van der Waals surface area contributed by atoms with E-state index in [0.717, 1.165) is 27.7 Å². The van der Waals surface area contributed by atoms with E-state index in [1.54, 1.807) is 44.6 Å². The first kappa shape index (κ1) is 17.6. The van der Waals surface area contributed by atoms with E-state index in [4.69, 9.17) is 10.5 Å². The number of ether oxygens (including phenoxy) is 1. The lowest BCUT2D eigenvalue weighted by atomic mass is 10.1. The summed E-state index contributed by atoms with van der Waals surface area (Å²) in [6.45, 7) is 3.50. The minimum atomic E-state index is -0.918. The molecular weight excluding hydrogens is 332 g/mol. The van der Waals surface area contributed by atoms with Crippen LogP contribution in [0.1, 0.15) is 19.4 Å². The Morgan fingerprint density at radius 3 is 2.73 bits per heavy atom. The van der Waals surface area contributed by atoms with Gasteiger partial charge in [0.15, 0.2) is 0 Å². The molecule has 4 N–H and O–H groups in total. The number of pyridine rings is 2. The van der Waals surface area contributed by atoms with Gasteiger partial charge in [0, 0.05) is 52.8 Å². The third-order valence-corrected chi connectivity index (χ3v) is 3.63. The number of rotatable bonds is 6. The number of fused-ring (bicyclic) bond motifs is 1. The Bertz CT molecular complexity index is 953. The summed E-state index contributed by atoms with van der Waals surface area (Å²) in [5, 5.41) is 10.6. The molecule has 0 fully saturated rings. The quantitative estimate of drug-likeness (QED) is 0.589. The Balaban J connectivity index is 1.85. The van der Waals surface area contributed by atoms with Crippen LogP contribution in [0.5, 0.6) is 5.88 Å². The van der Waals surface area contributed by atoms with Crippen molar-refractivity contribution in [2.24, 2.45) is 5.73 Å². The lowest BCUT2D eigenvalue weighted by Gasteiger charge is -2.17. The Hall–Kier alpha value is -3.19. The van der Waals surface area contributed by atoms with Crippen molar-refractivity contribution in [3.63, 3.8) is 0 Å². The second-order valence-corrected chi connectivity index (χ2v) is 6.59. The molecule has 0 aliphatic heterocycles. The van der Waals surface area contributed by atoms with Gasteiger partial charge in [0.2, 0.25) is 11.8 Å². The predicted octanol–water partition coefficient (Wildman–Crippen LogP) is 2.27. The van der Waals surface area contributed by atoms with Crippen LogP contribution in [0.2, 0.25) is 0 Å². The molecule has 3 heterocycles. The molecule has 0 spiro atoms. The highest BCUT2D eigenvalue weighted by Gasteiger charge is 2.14. The molecule has 0 aromatic carbocycles. The van der Waals surface area contributed by atoms with E-state index < -0.39 is 11.5 Å². The molecule has 0 radical (unpaired) electrons. The van der Waals surface area contributed by atoms with Crippen LogP contribution in [0.4, 0.5) is 0 Å². The number of primary amides is 1. The number of aromatic amines is 1. The van der Waals surface area contributed by atoms with Gasteiger partial charge in [0.05, 0.1) is 5.60 Å².